The van der Waals surface area contributed by atoms with Gasteiger partial charge < -0.3 is 20.7 Å². The normalized spacial score (nSPS) is 13.1. The molecular weight excluding hydrogens is 450 g/mol. The molecule has 0 spiro atoms. The number of thiophene rings is 1. The van der Waals surface area contributed by atoms with Crippen LogP contribution in [-0.4, -0.2) is 31.4 Å². The van der Waals surface area contributed by atoms with E-state index >= 15 is 0 Å². The summed E-state index contributed by atoms with van der Waals surface area (Å²) >= 11 is 1.45. The number of hydrogen-bond acceptors (Lipinski definition) is 6. The lowest BCUT2D eigenvalue weighted by atomic mass is 10.1. The highest BCUT2D eigenvalue weighted by Gasteiger charge is 2.28. The SMILES string of the molecule is COC(=O)c1ccccc1NC(=O)c1c(NC(=O)CNC(C)c2ccccc2)sc2c1CCC2. The van der Waals surface area contributed by atoms with Crippen molar-refractivity contribution >= 4 is 39.8 Å². The van der Waals surface area contributed by atoms with Crippen molar-refractivity contribution in [2.24, 2.45) is 0 Å². The summed E-state index contributed by atoms with van der Waals surface area (Å²) in [6, 6.07) is 16.6. The number of hydrogen-bond donors (Lipinski definition) is 3. The lowest BCUT2D eigenvalue weighted by Crippen LogP contribution is -2.30. The Morgan fingerprint density at radius 3 is 2.50 bits per heavy atom. The molecule has 1 heterocycles. The molecule has 3 N–H and O–H groups in total. The minimum atomic E-state index is -0.529. The Balaban J connectivity index is 1.49. The van der Waals surface area contributed by atoms with E-state index in [4.69, 9.17) is 4.74 Å². The van der Waals surface area contributed by atoms with Crippen LogP contribution in [0.3, 0.4) is 0 Å². The fourth-order valence-electron chi connectivity index (χ4n) is 4.07. The molecule has 8 heteroatoms. The van der Waals surface area contributed by atoms with E-state index in [0.29, 0.717) is 16.3 Å². The fraction of sp³-hybridized carbons (Fsp3) is 0.269. The Bertz CT molecular complexity index is 1210. The highest BCUT2D eigenvalue weighted by Crippen LogP contribution is 2.39. The van der Waals surface area contributed by atoms with E-state index in [2.05, 4.69) is 16.0 Å². The first-order valence-electron chi connectivity index (χ1n) is 11.2. The molecule has 7 nitrogen and oxygen atoms in total. The number of para-hydroxylation sites is 1. The van der Waals surface area contributed by atoms with Crippen molar-refractivity contribution in [2.75, 3.05) is 24.3 Å². The first kappa shape index (κ1) is 23.7. The standard InChI is InChI=1S/C26H27N3O4S/c1-16(17-9-4-3-5-10-17)27-15-22(30)29-25-23(19-12-8-14-21(19)34-25)24(31)28-20-13-7-6-11-18(20)26(32)33-2/h3-7,9-11,13,16,27H,8,12,14-15H2,1-2H3,(H,28,31)(H,29,30). The molecule has 4 rings (SSSR count). The number of aryl methyl sites for hydroxylation is 1. The smallest absolute Gasteiger partial charge is 0.339 e. The first-order valence-corrected chi connectivity index (χ1v) is 12.0. The molecule has 1 aliphatic carbocycles. The molecule has 1 atom stereocenters. The maximum Gasteiger partial charge on any atom is 0.339 e. The summed E-state index contributed by atoms with van der Waals surface area (Å²) in [6.45, 7) is 2.12. The molecule has 0 saturated heterocycles. The van der Waals surface area contributed by atoms with Crippen LogP contribution in [0.5, 0.6) is 0 Å². The first-order chi connectivity index (χ1) is 16.5. The van der Waals surface area contributed by atoms with Gasteiger partial charge in [0.05, 0.1) is 30.5 Å². The van der Waals surface area contributed by atoms with Crippen molar-refractivity contribution < 1.29 is 19.1 Å². The van der Waals surface area contributed by atoms with Crippen LogP contribution in [0.15, 0.2) is 54.6 Å². The molecule has 1 unspecified atom stereocenters. The number of methoxy groups -OCH3 is 1. The molecule has 176 valence electrons. The molecule has 0 aliphatic heterocycles. The van der Waals surface area contributed by atoms with Gasteiger partial charge in [0.1, 0.15) is 5.00 Å². The number of carbonyl (C=O) groups excluding carboxylic acids is 3. The van der Waals surface area contributed by atoms with Gasteiger partial charge in [-0.2, -0.15) is 0 Å². The Kier molecular flexibility index (Phi) is 7.40. The van der Waals surface area contributed by atoms with Crippen molar-refractivity contribution in [2.45, 2.75) is 32.2 Å². The number of esters is 1. The van der Waals surface area contributed by atoms with E-state index in [-0.39, 0.29) is 30.0 Å². The van der Waals surface area contributed by atoms with E-state index in [0.717, 1.165) is 35.3 Å². The quantitative estimate of drug-likeness (QED) is 0.413. The third-order valence-electron chi connectivity index (χ3n) is 5.85. The van der Waals surface area contributed by atoms with E-state index in [1.165, 1.54) is 18.4 Å². The number of amides is 2. The van der Waals surface area contributed by atoms with Crippen molar-refractivity contribution in [3.05, 3.63) is 81.7 Å². The molecule has 0 radical (unpaired) electrons. The van der Waals surface area contributed by atoms with Crippen molar-refractivity contribution in [1.82, 2.24) is 5.32 Å². The second-order valence-electron chi connectivity index (χ2n) is 8.11. The Morgan fingerprint density at radius 1 is 1.00 bits per heavy atom. The Labute approximate surface area is 202 Å². The predicted molar refractivity (Wildman–Crippen MR) is 134 cm³/mol. The molecule has 1 aliphatic rings. The summed E-state index contributed by atoms with van der Waals surface area (Å²) in [4.78, 5) is 39.3. The van der Waals surface area contributed by atoms with Gasteiger partial charge in [-0.15, -0.1) is 11.3 Å². The van der Waals surface area contributed by atoms with Crippen molar-refractivity contribution in [1.29, 1.82) is 0 Å². The van der Waals surface area contributed by atoms with Crippen LogP contribution < -0.4 is 16.0 Å². The lowest BCUT2D eigenvalue weighted by molar-refractivity contribution is -0.115. The molecule has 34 heavy (non-hydrogen) atoms. The second kappa shape index (κ2) is 10.6. The fourth-order valence-corrected chi connectivity index (χ4v) is 5.38. The summed E-state index contributed by atoms with van der Waals surface area (Å²) in [6.07, 6.45) is 2.65. The monoisotopic (exact) mass is 477 g/mol. The Hall–Kier alpha value is -3.49. The number of ether oxygens (including phenoxy) is 1. The van der Waals surface area contributed by atoms with Crippen LogP contribution in [-0.2, 0) is 22.4 Å². The van der Waals surface area contributed by atoms with E-state index in [1.54, 1.807) is 24.3 Å². The molecule has 3 aromatic rings. The largest absolute Gasteiger partial charge is 0.465 e. The van der Waals surface area contributed by atoms with Gasteiger partial charge in [0.2, 0.25) is 5.91 Å². The zero-order chi connectivity index (χ0) is 24.1. The van der Waals surface area contributed by atoms with Gasteiger partial charge in [-0.3, -0.25) is 9.59 Å². The van der Waals surface area contributed by atoms with Crippen LogP contribution in [0.25, 0.3) is 0 Å². The maximum atomic E-state index is 13.3. The molecule has 0 fully saturated rings. The third kappa shape index (κ3) is 5.18. The van der Waals surface area contributed by atoms with Gasteiger partial charge in [-0.1, -0.05) is 42.5 Å². The van der Waals surface area contributed by atoms with Crippen LogP contribution in [0, 0.1) is 0 Å². The van der Waals surface area contributed by atoms with Crippen molar-refractivity contribution in [3.63, 3.8) is 0 Å². The number of anilines is 2. The predicted octanol–water partition coefficient (Wildman–Crippen LogP) is 4.57. The minimum Gasteiger partial charge on any atom is -0.465 e. The average Bonchev–Trinajstić information content (AvgIpc) is 3.43. The minimum absolute atomic E-state index is 0.0119. The molecule has 0 saturated carbocycles. The van der Waals surface area contributed by atoms with Gasteiger partial charge in [0, 0.05) is 10.9 Å². The molecule has 2 amide bonds. The van der Waals surface area contributed by atoms with Crippen LogP contribution in [0.2, 0.25) is 0 Å². The number of carbonyl (C=O) groups is 3. The van der Waals surface area contributed by atoms with Crippen LogP contribution >= 0.6 is 11.3 Å². The van der Waals surface area contributed by atoms with Crippen molar-refractivity contribution in [3.8, 4) is 0 Å². The zero-order valence-corrected chi connectivity index (χ0v) is 20.0. The van der Waals surface area contributed by atoms with Crippen LogP contribution in [0.4, 0.5) is 10.7 Å². The second-order valence-corrected chi connectivity index (χ2v) is 9.22. The van der Waals surface area contributed by atoms with Gasteiger partial charge in [0.15, 0.2) is 0 Å². The van der Waals surface area contributed by atoms with Gasteiger partial charge in [-0.05, 0) is 49.4 Å². The lowest BCUT2D eigenvalue weighted by Gasteiger charge is -2.15. The molecule has 1 aromatic heterocycles. The summed E-state index contributed by atoms with van der Waals surface area (Å²) in [5.74, 6) is -1.10. The van der Waals surface area contributed by atoms with Gasteiger partial charge in [0.25, 0.3) is 5.91 Å². The third-order valence-corrected chi connectivity index (χ3v) is 7.06. The number of fused-ring (bicyclic) bond motifs is 1. The topological polar surface area (TPSA) is 96.5 Å². The summed E-state index contributed by atoms with van der Waals surface area (Å²) in [7, 11) is 1.30. The summed E-state index contributed by atoms with van der Waals surface area (Å²) in [5, 5.41) is 9.53. The number of nitrogens with one attached hydrogen (secondary N) is 3. The van der Waals surface area contributed by atoms with E-state index in [1.807, 2.05) is 37.3 Å². The molecular formula is C26H27N3O4S. The van der Waals surface area contributed by atoms with Gasteiger partial charge >= 0.3 is 5.97 Å². The zero-order valence-electron chi connectivity index (χ0n) is 19.1. The summed E-state index contributed by atoms with van der Waals surface area (Å²) < 4.78 is 4.83. The molecule has 2 aromatic carbocycles. The highest BCUT2D eigenvalue weighted by atomic mass is 32.1. The maximum absolute atomic E-state index is 13.3. The number of rotatable bonds is 8. The average molecular weight is 478 g/mol. The van der Waals surface area contributed by atoms with Crippen LogP contribution in [0.1, 0.15) is 56.1 Å². The molecule has 0 bridgehead atoms. The van der Waals surface area contributed by atoms with E-state index in [9.17, 15) is 14.4 Å². The highest BCUT2D eigenvalue weighted by molar-refractivity contribution is 7.17. The van der Waals surface area contributed by atoms with E-state index < -0.39 is 5.97 Å². The summed E-state index contributed by atoms with van der Waals surface area (Å²) in [5.41, 5.74) is 3.18. The Morgan fingerprint density at radius 2 is 1.74 bits per heavy atom. The number of benzene rings is 2. The van der Waals surface area contributed by atoms with Gasteiger partial charge in [-0.25, -0.2) is 4.79 Å².